The van der Waals surface area contributed by atoms with E-state index < -0.39 is 0 Å². The second kappa shape index (κ2) is 11.2. The highest BCUT2D eigenvalue weighted by atomic mass is 35.5. The Bertz CT molecular complexity index is 2010. The van der Waals surface area contributed by atoms with Gasteiger partial charge in [-0.2, -0.15) is 20.2 Å². The maximum Gasteiger partial charge on any atom is 0.224 e. The molecule has 18 heteroatoms. The molecule has 16 nitrogen and oxygen atoms in total. The van der Waals surface area contributed by atoms with Crippen LogP contribution in [0.3, 0.4) is 0 Å². The van der Waals surface area contributed by atoms with E-state index in [4.69, 9.17) is 23.2 Å². The van der Waals surface area contributed by atoms with Gasteiger partial charge < -0.3 is 9.80 Å². The minimum absolute atomic E-state index is 0.00105. The lowest BCUT2D eigenvalue weighted by Crippen LogP contribution is -2.32. The lowest BCUT2D eigenvalue weighted by atomic mass is 10.1. The Labute approximate surface area is 267 Å². The zero-order valence-electron chi connectivity index (χ0n) is 25.0. The molecule has 0 unspecified atom stereocenters. The summed E-state index contributed by atoms with van der Waals surface area (Å²) < 4.78 is 7.42. The predicted molar refractivity (Wildman–Crippen MR) is 165 cm³/mol. The Morgan fingerprint density at radius 1 is 0.711 bits per heavy atom. The summed E-state index contributed by atoms with van der Waals surface area (Å²) in [6.07, 6.45) is 14.2. The first kappa shape index (κ1) is 28.8. The number of hydrogen-bond acceptors (Lipinski definition) is 12. The highest BCUT2D eigenvalue weighted by Gasteiger charge is 2.37. The van der Waals surface area contributed by atoms with E-state index in [2.05, 4.69) is 74.2 Å². The second-order valence-corrected chi connectivity index (χ2v) is 11.2. The number of nitrogens with zero attached hydrogens (tertiary/aromatic N) is 16. The number of fused-ring (bicyclic) bond motifs is 6. The van der Waals surface area contributed by atoms with Crippen LogP contribution in [0, 0.1) is 6.92 Å². The van der Waals surface area contributed by atoms with Crippen LogP contribution in [0.15, 0.2) is 43.5 Å². The van der Waals surface area contributed by atoms with Crippen molar-refractivity contribution in [3.05, 3.63) is 71.5 Å². The van der Waals surface area contributed by atoms with Gasteiger partial charge in [0.05, 0.1) is 48.2 Å². The molecule has 8 heterocycles. The summed E-state index contributed by atoms with van der Waals surface area (Å²) in [5.41, 5.74) is 3.49. The van der Waals surface area contributed by atoms with Crippen molar-refractivity contribution >= 4 is 46.2 Å². The summed E-state index contributed by atoms with van der Waals surface area (Å²) >= 11 is 12.1. The Kier molecular flexibility index (Phi) is 7.16. The molecule has 0 amide bonds. The van der Waals surface area contributed by atoms with E-state index in [1.165, 1.54) is 0 Å². The van der Waals surface area contributed by atoms with Gasteiger partial charge in [0.25, 0.3) is 0 Å². The second-order valence-electron chi connectivity index (χ2n) is 10.5. The third-order valence-electron chi connectivity index (χ3n) is 7.75. The van der Waals surface area contributed by atoms with Crippen LogP contribution in [0.2, 0.25) is 10.6 Å². The predicted octanol–water partition coefficient (Wildman–Crippen LogP) is 4.40. The fourth-order valence-electron chi connectivity index (χ4n) is 5.85. The molecule has 6 aromatic heterocycles. The molecule has 45 heavy (non-hydrogen) atoms. The molecular formula is C27H28Cl2N16. The largest absolute Gasteiger partial charge is 0.311 e. The lowest BCUT2D eigenvalue weighted by Gasteiger charge is -2.36. The van der Waals surface area contributed by atoms with Crippen LogP contribution in [0.5, 0.6) is 0 Å². The standard InChI is InChI=1S/C14H15ClN8.C13H13ClN8/c1-4-10-13-20-19-8(2)22(13)11-6-16-14(15)18-12(11)23(10)9-5-17-21(3)7-9;1-3-9-12-19-16-7-21(12)10-5-15-13(14)18-11(10)22(9)8-4-17-20(2)6-8/h5-7,10H,4H2,1-3H3;4-7,9H,3H2,1-2H3/t10-;9-/m11/s1. The van der Waals surface area contributed by atoms with Crippen LogP contribution in [0.1, 0.15) is 56.2 Å². The summed E-state index contributed by atoms with van der Waals surface area (Å²) in [5, 5.41) is 25.8. The molecule has 0 fully saturated rings. The maximum absolute atomic E-state index is 6.06. The van der Waals surface area contributed by atoms with Crippen LogP contribution in [-0.2, 0) is 14.1 Å². The van der Waals surface area contributed by atoms with Crippen molar-refractivity contribution in [3.8, 4) is 11.4 Å². The van der Waals surface area contributed by atoms with Crippen molar-refractivity contribution in [2.24, 2.45) is 14.1 Å². The van der Waals surface area contributed by atoms with Crippen LogP contribution in [-0.4, -0.2) is 69.0 Å². The highest BCUT2D eigenvalue weighted by Crippen LogP contribution is 2.44. The van der Waals surface area contributed by atoms with Crippen LogP contribution < -0.4 is 9.80 Å². The summed E-state index contributed by atoms with van der Waals surface area (Å²) in [5.74, 6) is 3.99. The lowest BCUT2D eigenvalue weighted by molar-refractivity contribution is 0.587. The fraction of sp³-hybridized carbons (Fsp3) is 0.333. The van der Waals surface area contributed by atoms with Gasteiger partial charge >= 0.3 is 0 Å². The SMILES string of the molecule is CC[C@@H]1c2nnc(C)n2-c2cnc(Cl)nc2N1c1cnn(C)c1.CC[C@@H]1c2nncn2-c2cnc(Cl)nc2N1c1cnn(C)c1. The average molecular weight is 648 g/mol. The van der Waals surface area contributed by atoms with Gasteiger partial charge in [0.1, 0.15) is 23.5 Å². The van der Waals surface area contributed by atoms with Gasteiger partial charge in [0.2, 0.25) is 10.6 Å². The molecule has 0 spiro atoms. The summed E-state index contributed by atoms with van der Waals surface area (Å²) in [4.78, 5) is 21.3. The third kappa shape index (κ3) is 4.76. The zero-order valence-corrected chi connectivity index (χ0v) is 26.5. The molecule has 0 N–H and O–H groups in total. The summed E-state index contributed by atoms with van der Waals surface area (Å²) in [6.45, 7) is 6.12. The van der Waals surface area contributed by atoms with Crippen molar-refractivity contribution in [3.63, 3.8) is 0 Å². The van der Waals surface area contributed by atoms with E-state index >= 15 is 0 Å². The van der Waals surface area contributed by atoms with Gasteiger partial charge in [-0.05, 0) is 43.0 Å². The van der Waals surface area contributed by atoms with Crippen molar-refractivity contribution < 1.29 is 0 Å². The maximum atomic E-state index is 6.06. The number of anilines is 4. The number of hydrogen-bond donors (Lipinski definition) is 0. The molecule has 2 aliphatic heterocycles. The first-order valence-corrected chi connectivity index (χ1v) is 15.0. The first-order chi connectivity index (χ1) is 21.8. The van der Waals surface area contributed by atoms with E-state index in [1.54, 1.807) is 40.5 Å². The Hall–Kier alpha value is -4.96. The molecule has 8 rings (SSSR count). The number of aromatic nitrogens is 14. The Morgan fingerprint density at radius 2 is 1.27 bits per heavy atom. The van der Waals surface area contributed by atoms with Gasteiger partial charge in [-0.25, -0.2) is 9.97 Å². The molecule has 2 aliphatic rings. The molecule has 0 saturated heterocycles. The molecule has 2 atom stereocenters. The molecule has 0 saturated carbocycles. The number of rotatable bonds is 4. The van der Waals surface area contributed by atoms with Crippen LogP contribution >= 0.6 is 23.2 Å². The quantitative estimate of drug-likeness (QED) is 0.249. The molecule has 230 valence electrons. The molecule has 0 radical (unpaired) electrons. The molecule has 0 aliphatic carbocycles. The van der Waals surface area contributed by atoms with Gasteiger partial charge in [-0.1, -0.05) is 13.8 Å². The van der Waals surface area contributed by atoms with Crippen molar-refractivity contribution in [2.45, 2.75) is 45.7 Å². The van der Waals surface area contributed by atoms with E-state index in [-0.39, 0.29) is 22.7 Å². The molecule has 0 bridgehead atoms. The van der Waals surface area contributed by atoms with Gasteiger partial charge in [0.15, 0.2) is 23.3 Å². The topological polar surface area (TPSA) is 155 Å². The van der Waals surface area contributed by atoms with E-state index in [0.29, 0.717) is 0 Å². The van der Waals surface area contributed by atoms with Gasteiger partial charge in [-0.3, -0.25) is 18.5 Å². The van der Waals surface area contributed by atoms with E-state index in [0.717, 1.165) is 64.7 Å². The number of halogens is 2. The van der Waals surface area contributed by atoms with Crippen LogP contribution in [0.25, 0.3) is 11.4 Å². The molecule has 0 aromatic carbocycles. The highest BCUT2D eigenvalue weighted by molar-refractivity contribution is 6.28. The van der Waals surface area contributed by atoms with Crippen molar-refractivity contribution in [1.82, 2.24) is 69.0 Å². The Morgan fingerprint density at radius 3 is 1.82 bits per heavy atom. The summed E-state index contributed by atoms with van der Waals surface area (Å²) in [7, 11) is 3.76. The minimum Gasteiger partial charge on any atom is -0.311 e. The fourth-order valence-corrected chi connectivity index (χ4v) is 6.11. The summed E-state index contributed by atoms with van der Waals surface area (Å²) in [6, 6.07) is 0.00373. The zero-order chi connectivity index (χ0) is 31.4. The van der Waals surface area contributed by atoms with Gasteiger partial charge in [0, 0.05) is 26.5 Å². The molecule has 6 aromatic rings. The molecular weight excluding hydrogens is 619 g/mol. The van der Waals surface area contributed by atoms with Crippen LogP contribution in [0.4, 0.5) is 23.0 Å². The van der Waals surface area contributed by atoms with Crippen molar-refractivity contribution in [1.29, 1.82) is 0 Å². The third-order valence-corrected chi connectivity index (χ3v) is 8.12. The van der Waals surface area contributed by atoms with Crippen molar-refractivity contribution in [2.75, 3.05) is 9.80 Å². The van der Waals surface area contributed by atoms with E-state index in [1.807, 2.05) is 42.5 Å². The number of aryl methyl sites for hydroxylation is 3. The average Bonchev–Trinajstić information content (AvgIpc) is 3.84. The minimum atomic E-state index is -0.00105. The van der Waals surface area contributed by atoms with Gasteiger partial charge in [-0.15, -0.1) is 20.4 Å². The smallest absolute Gasteiger partial charge is 0.224 e. The normalized spacial score (nSPS) is 16.4. The Balaban J connectivity index is 0.000000145. The van der Waals surface area contributed by atoms with E-state index in [9.17, 15) is 0 Å². The first-order valence-electron chi connectivity index (χ1n) is 14.2. The monoisotopic (exact) mass is 646 g/mol.